The Kier molecular flexibility index (Phi) is 5.85. The zero-order valence-electron chi connectivity index (χ0n) is 17.6. The van der Waals surface area contributed by atoms with E-state index in [2.05, 4.69) is 0 Å². The SMILES string of the molecule is CCN(Cc1ccccc1)C(=O)c1cn(-c2ccc(OC)cc2)c(=O)c2ccccc12. The van der Waals surface area contributed by atoms with Crippen molar-refractivity contribution in [3.05, 3.63) is 107 Å². The number of hydrogen-bond acceptors (Lipinski definition) is 3. The van der Waals surface area contributed by atoms with Gasteiger partial charge in [0, 0.05) is 35.7 Å². The average molecular weight is 412 g/mol. The lowest BCUT2D eigenvalue weighted by Crippen LogP contribution is -2.32. The number of benzene rings is 3. The van der Waals surface area contributed by atoms with E-state index in [1.807, 2.05) is 67.6 Å². The molecular formula is C26H24N2O3. The Morgan fingerprint density at radius 3 is 2.19 bits per heavy atom. The number of fused-ring (bicyclic) bond motifs is 1. The number of carbonyl (C=O) groups excluding carboxylic acids is 1. The molecule has 0 spiro atoms. The summed E-state index contributed by atoms with van der Waals surface area (Å²) in [7, 11) is 1.60. The number of aromatic nitrogens is 1. The number of carbonyl (C=O) groups is 1. The molecule has 1 heterocycles. The second kappa shape index (κ2) is 8.88. The van der Waals surface area contributed by atoms with Gasteiger partial charge in [0.1, 0.15) is 5.75 Å². The molecule has 0 radical (unpaired) electrons. The van der Waals surface area contributed by atoms with Crippen molar-refractivity contribution < 1.29 is 9.53 Å². The monoisotopic (exact) mass is 412 g/mol. The highest BCUT2D eigenvalue weighted by Gasteiger charge is 2.20. The van der Waals surface area contributed by atoms with Gasteiger partial charge in [-0.15, -0.1) is 0 Å². The van der Waals surface area contributed by atoms with Crippen molar-refractivity contribution in [2.24, 2.45) is 0 Å². The molecular weight excluding hydrogens is 388 g/mol. The largest absolute Gasteiger partial charge is 0.497 e. The predicted molar refractivity (Wildman–Crippen MR) is 123 cm³/mol. The lowest BCUT2D eigenvalue weighted by Gasteiger charge is -2.22. The molecule has 0 fully saturated rings. The Morgan fingerprint density at radius 1 is 0.903 bits per heavy atom. The zero-order chi connectivity index (χ0) is 21.8. The number of rotatable bonds is 6. The third-order valence-electron chi connectivity index (χ3n) is 5.39. The molecule has 0 unspecified atom stereocenters. The summed E-state index contributed by atoms with van der Waals surface area (Å²) in [6, 6.07) is 24.4. The Morgan fingerprint density at radius 2 is 1.55 bits per heavy atom. The van der Waals surface area contributed by atoms with Crippen molar-refractivity contribution >= 4 is 16.7 Å². The van der Waals surface area contributed by atoms with Crippen LogP contribution in [0.4, 0.5) is 0 Å². The number of amides is 1. The van der Waals surface area contributed by atoms with E-state index in [1.165, 1.54) is 4.57 Å². The van der Waals surface area contributed by atoms with E-state index in [1.54, 1.807) is 36.4 Å². The molecule has 156 valence electrons. The van der Waals surface area contributed by atoms with Gasteiger partial charge >= 0.3 is 0 Å². The lowest BCUT2D eigenvalue weighted by atomic mass is 10.1. The molecule has 3 aromatic carbocycles. The molecule has 0 aliphatic heterocycles. The van der Waals surface area contributed by atoms with Crippen molar-refractivity contribution in [2.45, 2.75) is 13.5 Å². The fraction of sp³-hybridized carbons (Fsp3) is 0.154. The molecule has 0 saturated heterocycles. The van der Waals surface area contributed by atoms with Crippen LogP contribution in [0, 0.1) is 0 Å². The maximum atomic E-state index is 13.6. The van der Waals surface area contributed by atoms with Crippen LogP contribution in [0.15, 0.2) is 89.9 Å². The summed E-state index contributed by atoms with van der Waals surface area (Å²) in [5.74, 6) is 0.596. The predicted octanol–water partition coefficient (Wildman–Crippen LogP) is 4.66. The van der Waals surface area contributed by atoms with Gasteiger partial charge in [-0.1, -0.05) is 48.5 Å². The van der Waals surface area contributed by atoms with Crippen LogP contribution in [-0.4, -0.2) is 29.0 Å². The van der Waals surface area contributed by atoms with Gasteiger partial charge in [0.15, 0.2) is 0 Å². The maximum absolute atomic E-state index is 13.6. The van der Waals surface area contributed by atoms with Crippen LogP contribution in [0.3, 0.4) is 0 Å². The summed E-state index contributed by atoms with van der Waals surface area (Å²) in [4.78, 5) is 28.6. The highest BCUT2D eigenvalue weighted by atomic mass is 16.5. The maximum Gasteiger partial charge on any atom is 0.262 e. The molecule has 1 aromatic heterocycles. The molecule has 4 aromatic rings. The van der Waals surface area contributed by atoms with Gasteiger partial charge in [-0.3, -0.25) is 14.2 Å². The van der Waals surface area contributed by atoms with Gasteiger partial charge in [-0.25, -0.2) is 0 Å². The fourth-order valence-corrected chi connectivity index (χ4v) is 3.70. The van der Waals surface area contributed by atoms with E-state index in [0.717, 1.165) is 5.56 Å². The van der Waals surface area contributed by atoms with Crippen molar-refractivity contribution in [3.63, 3.8) is 0 Å². The summed E-state index contributed by atoms with van der Waals surface area (Å²) in [5.41, 5.74) is 2.08. The number of nitrogens with zero attached hydrogens (tertiary/aromatic N) is 2. The molecule has 0 bridgehead atoms. The summed E-state index contributed by atoms with van der Waals surface area (Å²) in [6.45, 7) is 3.03. The average Bonchev–Trinajstić information content (AvgIpc) is 2.83. The summed E-state index contributed by atoms with van der Waals surface area (Å²) in [5, 5.41) is 1.17. The van der Waals surface area contributed by atoms with Gasteiger partial charge in [0.25, 0.3) is 11.5 Å². The number of hydrogen-bond donors (Lipinski definition) is 0. The zero-order valence-corrected chi connectivity index (χ0v) is 17.6. The van der Waals surface area contributed by atoms with Gasteiger partial charge in [0.05, 0.1) is 12.7 Å². The first-order valence-corrected chi connectivity index (χ1v) is 10.2. The molecule has 4 rings (SSSR count). The molecule has 0 aliphatic carbocycles. The Labute approximate surface area is 181 Å². The van der Waals surface area contributed by atoms with Gasteiger partial charge in [-0.2, -0.15) is 0 Å². The van der Waals surface area contributed by atoms with Crippen molar-refractivity contribution in [3.8, 4) is 11.4 Å². The van der Waals surface area contributed by atoms with E-state index in [4.69, 9.17) is 4.74 Å². The second-order valence-corrected chi connectivity index (χ2v) is 7.27. The van der Waals surface area contributed by atoms with Crippen LogP contribution in [0.5, 0.6) is 5.75 Å². The van der Waals surface area contributed by atoms with Gasteiger partial charge < -0.3 is 9.64 Å². The van der Waals surface area contributed by atoms with Crippen LogP contribution in [-0.2, 0) is 6.54 Å². The Hall–Kier alpha value is -3.86. The molecule has 5 nitrogen and oxygen atoms in total. The minimum atomic E-state index is -0.163. The normalized spacial score (nSPS) is 10.8. The highest BCUT2D eigenvalue weighted by molar-refractivity contribution is 6.06. The van der Waals surface area contributed by atoms with Crippen LogP contribution in [0.25, 0.3) is 16.5 Å². The Bertz CT molecular complexity index is 1260. The van der Waals surface area contributed by atoms with Crippen molar-refractivity contribution in [2.75, 3.05) is 13.7 Å². The topological polar surface area (TPSA) is 51.5 Å². The van der Waals surface area contributed by atoms with E-state index < -0.39 is 0 Å². The summed E-state index contributed by atoms with van der Waals surface area (Å²) < 4.78 is 6.76. The smallest absolute Gasteiger partial charge is 0.262 e. The molecule has 0 saturated carbocycles. The minimum Gasteiger partial charge on any atom is -0.497 e. The van der Waals surface area contributed by atoms with Crippen LogP contribution in [0.1, 0.15) is 22.8 Å². The summed E-state index contributed by atoms with van der Waals surface area (Å²) in [6.07, 6.45) is 1.66. The summed E-state index contributed by atoms with van der Waals surface area (Å²) >= 11 is 0. The van der Waals surface area contributed by atoms with E-state index >= 15 is 0 Å². The minimum absolute atomic E-state index is 0.107. The van der Waals surface area contributed by atoms with E-state index in [0.29, 0.717) is 40.9 Å². The first-order chi connectivity index (χ1) is 15.1. The molecule has 0 aliphatic rings. The van der Waals surface area contributed by atoms with Gasteiger partial charge in [-0.05, 0) is 42.8 Å². The van der Waals surface area contributed by atoms with Gasteiger partial charge in [0.2, 0.25) is 0 Å². The Balaban J connectivity index is 1.83. The highest BCUT2D eigenvalue weighted by Crippen LogP contribution is 2.21. The molecule has 31 heavy (non-hydrogen) atoms. The standard InChI is InChI=1S/C26H24N2O3/c1-3-27(17-19-9-5-4-6-10-19)25(29)24-18-28(20-13-15-21(31-2)16-14-20)26(30)23-12-8-7-11-22(23)24/h4-16,18H,3,17H2,1-2H3. The molecule has 0 N–H and O–H groups in total. The van der Waals surface area contributed by atoms with Crippen LogP contribution >= 0.6 is 0 Å². The first kappa shape index (κ1) is 20.4. The quantitative estimate of drug-likeness (QED) is 0.463. The van der Waals surface area contributed by atoms with Crippen LogP contribution in [0.2, 0.25) is 0 Å². The third-order valence-corrected chi connectivity index (χ3v) is 5.39. The number of pyridine rings is 1. The van der Waals surface area contributed by atoms with Crippen LogP contribution < -0.4 is 10.3 Å². The van der Waals surface area contributed by atoms with Crippen molar-refractivity contribution in [1.82, 2.24) is 9.47 Å². The lowest BCUT2D eigenvalue weighted by molar-refractivity contribution is 0.0754. The third kappa shape index (κ3) is 4.08. The van der Waals surface area contributed by atoms with Crippen molar-refractivity contribution in [1.29, 1.82) is 0 Å². The molecule has 1 amide bonds. The molecule has 0 atom stereocenters. The van der Waals surface area contributed by atoms with E-state index in [9.17, 15) is 9.59 Å². The van der Waals surface area contributed by atoms with E-state index in [-0.39, 0.29) is 11.5 Å². The number of methoxy groups -OCH3 is 1. The fourth-order valence-electron chi connectivity index (χ4n) is 3.70. The molecule has 5 heteroatoms. The first-order valence-electron chi connectivity index (χ1n) is 10.2. The number of ether oxygens (including phenoxy) is 1. The second-order valence-electron chi connectivity index (χ2n) is 7.27.